The Morgan fingerprint density at radius 3 is 2.52 bits per heavy atom. The Morgan fingerprint density at radius 2 is 1.86 bits per heavy atom. The Morgan fingerprint density at radius 1 is 1.14 bits per heavy atom. The molecule has 3 heterocycles. The van der Waals surface area contributed by atoms with Crippen LogP contribution in [0.25, 0.3) is 0 Å². The molecule has 1 aromatic rings. The monoisotopic (exact) mass is 313 g/mol. The fourth-order valence-corrected chi connectivity index (χ4v) is 3.56. The zero-order valence-electron chi connectivity index (χ0n) is 13.2. The maximum atomic E-state index is 6.12. The van der Waals surface area contributed by atoms with Crippen LogP contribution in [0.2, 0.25) is 0 Å². The molecule has 1 fully saturated rings. The molecule has 0 radical (unpaired) electrons. The van der Waals surface area contributed by atoms with Crippen LogP contribution in [0.15, 0.2) is 0 Å². The van der Waals surface area contributed by atoms with Gasteiger partial charge in [-0.25, -0.2) is 0 Å². The zero-order chi connectivity index (χ0) is 14.2. The highest BCUT2D eigenvalue weighted by molar-refractivity contribution is 5.85. The number of fused-ring (bicyclic) bond motifs is 1. The van der Waals surface area contributed by atoms with Gasteiger partial charge in [-0.05, 0) is 52.6 Å². The van der Waals surface area contributed by atoms with Crippen LogP contribution in [0.3, 0.4) is 0 Å². The van der Waals surface area contributed by atoms with Crippen LogP contribution in [0.1, 0.15) is 57.1 Å². The highest BCUT2D eigenvalue weighted by atomic mass is 35.5. The molecule has 0 unspecified atom stereocenters. The third kappa shape index (κ3) is 3.96. The van der Waals surface area contributed by atoms with E-state index in [-0.39, 0.29) is 17.9 Å². The molecule has 3 rings (SSSR count). The van der Waals surface area contributed by atoms with Gasteiger partial charge in [0.1, 0.15) is 11.6 Å². The van der Waals surface area contributed by atoms with Crippen molar-refractivity contribution in [3.05, 3.63) is 11.6 Å². The fraction of sp³-hybridized carbons (Fsp3) is 0.867. The molecule has 6 heteroatoms. The number of nitrogens with two attached hydrogens (primary N) is 1. The first-order valence-corrected chi connectivity index (χ1v) is 7.96. The van der Waals surface area contributed by atoms with Crippen molar-refractivity contribution >= 4 is 12.4 Å². The second-order valence-electron chi connectivity index (χ2n) is 7.12. The maximum absolute atomic E-state index is 6.12. The van der Waals surface area contributed by atoms with E-state index in [2.05, 4.69) is 33.5 Å². The molecule has 1 aromatic heterocycles. The molecular weight excluding hydrogens is 286 g/mol. The summed E-state index contributed by atoms with van der Waals surface area (Å²) >= 11 is 0. The van der Waals surface area contributed by atoms with Gasteiger partial charge in [-0.2, -0.15) is 0 Å². The lowest BCUT2D eigenvalue weighted by molar-refractivity contribution is 0.175. The Hall–Kier alpha value is -0.650. The van der Waals surface area contributed by atoms with Gasteiger partial charge in [-0.15, -0.1) is 22.6 Å². The lowest BCUT2D eigenvalue weighted by Crippen LogP contribution is -2.47. The second-order valence-corrected chi connectivity index (χ2v) is 7.12. The molecule has 0 atom stereocenters. The van der Waals surface area contributed by atoms with E-state index in [4.69, 9.17) is 5.73 Å². The Bertz CT molecular complexity index is 457. The quantitative estimate of drug-likeness (QED) is 0.926. The molecule has 0 spiro atoms. The number of aryl methyl sites for hydroxylation is 1. The summed E-state index contributed by atoms with van der Waals surface area (Å²) in [4.78, 5) is 2.49. The van der Waals surface area contributed by atoms with E-state index >= 15 is 0 Å². The first-order valence-electron chi connectivity index (χ1n) is 7.96. The lowest BCUT2D eigenvalue weighted by atomic mass is 9.94. The number of halogens is 1. The molecular formula is C15H28ClN5. The molecule has 2 aliphatic heterocycles. The van der Waals surface area contributed by atoms with E-state index in [9.17, 15) is 0 Å². The summed E-state index contributed by atoms with van der Waals surface area (Å²) in [6, 6.07) is 0. The van der Waals surface area contributed by atoms with Gasteiger partial charge in [0.15, 0.2) is 0 Å². The van der Waals surface area contributed by atoms with Crippen molar-refractivity contribution in [2.24, 2.45) is 5.73 Å². The molecule has 120 valence electrons. The minimum atomic E-state index is -0.0964. The summed E-state index contributed by atoms with van der Waals surface area (Å²) in [5.74, 6) is 3.04. The summed E-state index contributed by atoms with van der Waals surface area (Å²) in [7, 11) is 0. The van der Waals surface area contributed by atoms with Crippen molar-refractivity contribution in [2.45, 2.75) is 64.0 Å². The third-order valence-electron chi connectivity index (χ3n) is 4.47. The lowest BCUT2D eigenvalue weighted by Gasteiger charge is -2.35. The van der Waals surface area contributed by atoms with Crippen molar-refractivity contribution in [1.82, 2.24) is 19.7 Å². The number of nitrogens with zero attached hydrogens (tertiary/aromatic N) is 4. The van der Waals surface area contributed by atoms with Gasteiger partial charge >= 0.3 is 0 Å². The molecule has 2 aliphatic rings. The van der Waals surface area contributed by atoms with Crippen molar-refractivity contribution in [3.8, 4) is 0 Å². The third-order valence-corrected chi connectivity index (χ3v) is 4.47. The molecule has 0 aliphatic carbocycles. The summed E-state index contributed by atoms with van der Waals surface area (Å²) in [6.07, 6.45) is 6.02. The largest absolute Gasteiger partial charge is 0.324 e. The average molecular weight is 314 g/mol. The minimum Gasteiger partial charge on any atom is -0.324 e. The van der Waals surface area contributed by atoms with Gasteiger partial charge in [0, 0.05) is 31.0 Å². The Labute approximate surface area is 133 Å². The van der Waals surface area contributed by atoms with Crippen LogP contribution in [0.4, 0.5) is 0 Å². The van der Waals surface area contributed by atoms with Crippen LogP contribution < -0.4 is 5.73 Å². The Kier molecular flexibility index (Phi) is 5.28. The van der Waals surface area contributed by atoms with Gasteiger partial charge in [0.05, 0.1) is 0 Å². The van der Waals surface area contributed by atoms with E-state index in [1.807, 2.05) is 0 Å². The van der Waals surface area contributed by atoms with Gasteiger partial charge < -0.3 is 15.2 Å². The van der Waals surface area contributed by atoms with Crippen molar-refractivity contribution in [3.63, 3.8) is 0 Å². The van der Waals surface area contributed by atoms with E-state index < -0.39 is 0 Å². The highest BCUT2D eigenvalue weighted by Gasteiger charge is 2.28. The van der Waals surface area contributed by atoms with Crippen molar-refractivity contribution in [2.75, 3.05) is 19.6 Å². The average Bonchev–Trinajstić information content (AvgIpc) is 2.82. The van der Waals surface area contributed by atoms with Crippen LogP contribution in [0.5, 0.6) is 0 Å². The topological polar surface area (TPSA) is 60.0 Å². The SMILES string of the molecule is CC(C)(N)CN1CCC(c2nnc3n2CCCC3)CC1.Cl. The van der Waals surface area contributed by atoms with E-state index in [0.717, 1.165) is 32.6 Å². The first-order chi connectivity index (χ1) is 9.53. The van der Waals surface area contributed by atoms with Crippen LogP contribution >= 0.6 is 12.4 Å². The van der Waals surface area contributed by atoms with E-state index in [1.54, 1.807) is 0 Å². The summed E-state index contributed by atoms with van der Waals surface area (Å²) in [5.41, 5.74) is 6.02. The van der Waals surface area contributed by atoms with Gasteiger partial charge in [0.25, 0.3) is 0 Å². The van der Waals surface area contributed by atoms with Crippen molar-refractivity contribution in [1.29, 1.82) is 0 Å². The van der Waals surface area contributed by atoms with Crippen LogP contribution in [-0.2, 0) is 13.0 Å². The summed E-state index contributed by atoms with van der Waals surface area (Å²) in [6.45, 7) is 8.58. The molecule has 2 N–H and O–H groups in total. The predicted octanol–water partition coefficient (Wildman–Crippen LogP) is 1.95. The molecule has 0 bridgehead atoms. The van der Waals surface area contributed by atoms with Gasteiger partial charge in [-0.1, -0.05) is 0 Å². The van der Waals surface area contributed by atoms with Gasteiger partial charge in [-0.3, -0.25) is 0 Å². The van der Waals surface area contributed by atoms with E-state index in [0.29, 0.717) is 5.92 Å². The normalized spacial score (nSPS) is 20.9. The summed E-state index contributed by atoms with van der Waals surface area (Å²) in [5, 5.41) is 8.88. The Balaban J connectivity index is 0.00000161. The number of hydrogen-bond donors (Lipinski definition) is 1. The standard InChI is InChI=1S/C15H27N5.ClH/c1-15(2,16)11-19-9-6-12(7-10-19)14-18-17-13-5-3-4-8-20(13)14;/h12H,3-11,16H2,1-2H3;1H. The molecule has 1 saturated heterocycles. The summed E-state index contributed by atoms with van der Waals surface area (Å²) < 4.78 is 2.39. The van der Waals surface area contributed by atoms with E-state index in [1.165, 1.54) is 37.3 Å². The smallest absolute Gasteiger partial charge is 0.136 e. The van der Waals surface area contributed by atoms with Crippen molar-refractivity contribution < 1.29 is 0 Å². The minimum absolute atomic E-state index is 0. The van der Waals surface area contributed by atoms with Crippen LogP contribution in [-0.4, -0.2) is 44.8 Å². The predicted molar refractivity (Wildman–Crippen MR) is 86.9 cm³/mol. The number of hydrogen-bond acceptors (Lipinski definition) is 4. The van der Waals surface area contributed by atoms with Gasteiger partial charge in [0.2, 0.25) is 0 Å². The highest BCUT2D eigenvalue weighted by Crippen LogP contribution is 2.29. The molecule has 0 amide bonds. The molecule has 5 nitrogen and oxygen atoms in total. The maximum Gasteiger partial charge on any atom is 0.136 e. The zero-order valence-corrected chi connectivity index (χ0v) is 14.0. The number of rotatable bonds is 3. The fourth-order valence-electron chi connectivity index (χ4n) is 3.56. The number of likely N-dealkylation sites (tertiary alicyclic amines) is 1. The van der Waals surface area contributed by atoms with Crippen LogP contribution in [0, 0.1) is 0 Å². The second kappa shape index (κ2) is 6.63. The first kappa shape index (κ1) is 16.7. The molecule has 0 saturated carbocycles. The molecule has 21 heavy (non-hydrogen) atoms. The number of aromatic nitrogens is 3. The number of piperidine rings is 1. The molecule has 0 aromatic carbocycles.